The molecule has 7 rings (SSSR count). The van der Waals surface area contributed by atoms with Gasteiger partial charge in [0.1, 0.15) is 11.6 Å². The molecule has 2 fully saturated rings. The maximum absolute atomic E-state index is 14.5. The topological polar surface area (TPSA) is 136 Å². The molecule has 0 spiro atoms. The quantitative estimate of drug-likeness (QED) is 0.0966. The zero-order valence-corrected chi connectivity index (χ0v) is 31.2. The molecule has 0 unspecified atom stereocenters. The Kier molecular flexibility index (Phi) is 11.5. The highest BCUT2D eigenvalue weighted by Crippen LogP contribution is 2.44. The number of ether oxygens (including phenoxy) is 2. The summed E-state index contributed by atoms with van der Waals surface area (Å²) in [5.74, 6) is -0.241. The molecule has 15 heteroatoms. The van der Waals surface area contributed by atoms with Crippen LogP contribution in [0.5, 0.6) is 11.6 Å². The van der Waals surface area contributed by atoms with Gasteiger partial charge in [-0.3, -0.25) is 14.6 Å². The van der Waals surface area contributed by atoms with Crippen LogP contribution < -0.4 is 30.9 Å². The van der Waals surface area contributed by atoms with E-state index in [1.54, 1.807) is 13.3 Å². The third kappa shape index (κ3) is 8.66. The minimum absolute atomic E-state index is 0.0219. The number of hydroxylamine groups is 1. The Morgan fingerprint density at radius 1 is 0.982 bits per heavy atom. The molecule has 2 atom stereocenters. The SMILES string of the molecule is COc1cc(-c2nccc(-c3cccc4c3CCC[C@H]4Nc3nc(OC)c(CNOC(=O)C4CC4)cc3C(F)(F)F)c2Cl)ccc1CNC[C@@H]1CCC(=O)N1. The van der Waals surface area contributed by atoms with Crippen LogP contribution in [-0.2, 0) is 40.1 Å². The first-order valence-electron chi connectivity index (χ1n) is 18.3. The molecule has 3 aliphatic rings. The maximum Gasteiger partial charge on any atom is 0.419 e. The molecule has 1 amide bonds. The van der Waals surface area contributed by atoms with Crippen molar-refractivity contribution in [1.29, 1.82) is 0 Å². The molecular formula is C40H42ClF3N6O5. The molecule has 2 aromatic carbocycles. The van der Waals surface area contributed by atoms with Gasteiger partial charge in [-0.2, -0.15) is 18.2 Å². The van der Waals surface area contributed by atoms with E-state index in [2.05, 4.69) is 31.4 Å². The van der Waals surface area contributed by atoms with Gasteiger partial charge in [-0.15, -0.1) is 5.48 Å². The third-order valence-corrected chi connectivity index (χ3v) is 10.6. The molecule has 11 nitrogen and oxygen atoms in total. The fourth-order valence-corrected chi connectivity index (χ4v) is 7.60. The van der Waals surface area contributed by atoms with Gasteiger partial charge in [-0.25, -0.2) is 0 Å². The summed E-state index contributed by atoms with van der Waals surface area (Å²) in [6.07, 6.45) is 1.78. The van der Waals surface area contributed by atoms with Gasteiger partial charge in [0, 0.05) is 54.0 Å². The van der Waals surface area contributed by atoms with Crippen molar-refractivity contribution >= 4 is 29.3 Å². The van der Waals surface area contributed by atoms with Crippen LogP contribution in [0.25, 0.3) is 22.4 Å². The lowest BCUT2D eigenvalue weighted by Crippen LogP contribution is -2.35. The second kappa shape index (κ2) is 16.4. The first-order valence-corrected chi connectivity index (χ1v) is 18.7. The molecule has 2 aromatic heterocycles. The number of carbonyl (C=O) groups excluding carboxylic acids is 2. The van der Waals surface area contributed by atoms with E-state index in [0.717, 1.165) is 58.7 Å². The number of rotatable bonds is 14. The Bertz CT molecular complexity index is 2080. The molecule has 4 N–H and O–H groups in total. The summed E-state index contributed by atoms with van der Waals surface area (Å²) in [6.45, 7) is 0.995. The Labute approximate surface area is 321 Å². The monoisotopic (exact) mass is 778 g/mol. The van der Waals surface area contributed by atoms with Gasteiger partial charge >= 0.3 is 12.1 Å². The Morgan fingerprint density at radius 2 is 1.82 bits per heavy atom. The minimum Gasteiger partial charge on any atom is -0.496 e. The average molecular weight is 779 g/mol. The van der Waals surface area contributed by atoms with Crippen LogP contribution in [0.4, 0.5) is 19.0 Å². The lowest BCUT2D eigenvalue weighted by Gasteiger charge is -2.30. The normalized spacial score (nSPS) is 18.0. The van der Waals surface area contributed by atoms with E-state index in [1.165, 1.54) is 7.11 Å². The highest BCUT2D eigenvalue weighted by molar-refractivity contribution is 6.35. The molecule has 290 valence electrons. The number of benzene rings is 2. The third-order valence-electron chi connectivity index (χ3n) is 10.3. The molecule has 0 bridgehead atoms. The molecule has 2 aliphatic carbocycles. The van der Waals surface area contributed by atoms with Crippen molar-refractivity contribution in [2.75, 3.05) is 26.1 Å². The number of pyridine rings is 2. The van der Waals surface area contributed by atoms with E-state index in [-0.39, 0.29) is 41.7 Å². The van der Waals surface area contributed by atoms with Gasteiger partial charge in [0.25, 0.3) is 0 Å². The zero-order chi connectivity index (χ0) is 38.7. The van der Waals surface area contributed by atoms with Crippen molar-refractivity contribution in [2.24, 2.45) is 5.92 Å². The minimum atomic E-state index is -4.73. The highest BCUT2D eigenvalue weighted by Gasteiger charge is 2.37. The van der Waals surface area contributed by atoms with E-state index in [9.17, 15) is 22.8 Å². The second-order valence-electron chi connectivity index (χ2n) is 14.0. The molecule has 1 saturated carbocycles. The number of anilines is 1. The van der Waals surface area contributed by atoms with Gasteiger partial charge < -0.3 is 30.3 Å². The van der Waals surface area contributed by atoms with Crippen molar-refractivity contribution < 1.29 is 37.1 Å². The van der Waals surface area contributed by atoms with Crippen LogP contribution in [-0.4, -0.2) is 48.7 Å². The number of hydrogen-bond donors (Lipinski definition) is 4. The Hall–Kier alpha value is -4.92. The highest BCUT2D eigenvalue weighted by atomic mass is 35.5. The summed E-state index contributed by atoms with van der Waals surface area (Å²) in [6, 6.07) is 14.0. The van der Waals surface area contributed by atoms with E-state index < -0.39 is 23.8 Å². The number of methoxy groups -OCH3 is 2. The van der Waals surface area contributed by atoms with E-state index >= 15 is 0 Å². The van der Waals surface area contributed by atoms with Gasteiger partial charge in [0.2, 0.25) is 11.8 Å². The second-order valence-corrected chi connectivity index (χ2v) is 14.4. The lowest BCUT2D eigenvalue weighted by molar-refractivity contribution is -0.153. The number of nitrogens with one attached hydrogen (secondary N) is 4. The smallest absolute Gasteiger partial charge is 0.419 e. The molecule has 3 heterocycles. The molecule has 55 heavy (non-hydrogen) atoms. The van der Waals surface area contributed by atoms with Crippen molar-refractivity contribution in [3.63, 3.8) is 0 Å². The average Bonchev–Trinajstić information content (AvgIpc) is 3.95. The number of hydrogen-bond acceptors (Lipinski definition) is 10. The Balaban J connectivity index is 1.13. The standard InChI is InChI=1S/C40H42ClF3N6O5/c1-53-33-18-23(11-12-24(33)19-45-21-26-13-14-34(51)48-26)36-35(41)30(15-16-46-36)28-5-3-7-29-27(28)6-4-8-32(29)49-37-31(40(42,43)44)17-25(38(50-37)54-2)20-47-55-39(52)22-9-10-22/h3,5,7,11-12,15-18,22,26,32,45,47H,4,6,8-10,13-14,19-21H2,1-2H3,(H,48,51)(H,49,50)/t26-,32+/m0/s1. The summed E-state index contributed by atoms with van der Waals surface area (Å²) in [7, 11) is 2.94. The van der Waals surface area contributed by atoms with Gasteiger partial charge in [-0.05, 0) is 73.4 Å². The van der Waals surface area contributed by atoms with Gasteiger partial charge in [0.15, 0.2) is 0 Å². The largest absolute Gasteiger partial charge is 0.496 e. The van der Waals surface area contributed by atoms with Crippen LogP contribution in [0.1, 0.15) is 72.4 Å². The predicted octanol–water partition coefficient (Wildman–Crippen LogP) is 7.32. The van der Waals surface area contributed by atoms with E-state index in [4.69, 9.17) is 25.9 Å². The van der Waals surface area contributed by atoms with Crippen molar-refractivity contribution in [3.05, 3.63) is 87.6 Å². The number of alkyl halides is 3. The van der Waals surface area contributed by atoms with E-state index in [0.29, 0.717) is 55.2 Å². The number of carbonyl (C=O) groups is 2. The number of halogens is 4. The number of amides is 1. The number of fused-ring (bicyclic) bond motifs is 1. The molecule has 1 aliphatic heterocycles. The predicted molar refractivity (Wildman–Crippen MR) is 200 cm³/mol. The summed E-state index contributed by atoms with van der Waals surface area (Å²) >= 11 is 7.13. The fourth-order valence-electron chi connectivity index (χ4n) is 7.27. The van der Waals surface area contributed by atoms with Crippen LogP contribution in [0.2, 0.25) is 5.02 Å². The van der Waals surface area contributed by atoms with Crippen LogP contribution in [0.15, 0.2) is 54.7 Å². The van der Waals surface area contributed by atoms with Gasteiger partial charge in [-0.1, -0.05) is 41.9 Å². The van der Waals surface area contributed by atoms with Gasteiger partial charge in [0.05, 0.1) is 49.0 Å². The number of nitrogens with zero attached hydrogens (tertiary/aromatic N) is 2. The van der Waals surface area contributed by atoms with Crippen molar-refractivity contribution in [3.8, 4) is 34.0 Å². The summed E-state index contributed by atoms with van der Waals surface area (Å²) in [4.78, 5) is 37.4. The van der Waals surface area contributed by atoms with Crippen LogP contribution in [0, 0.1) is 5.92 Å². The van der Waals surface area contributed by atoms with Crippen molar-refractivity contribution in [1.82, 2.24) is 26.1 Å². The maximum atomic E-state index is 14.5. The van der Waals surface area contributed by atoms with E-state index in [1.807, 2.05) is 42.5 Å². The molecule has 1 saturated heterocycles. The number of aromatic nitrogens is 2. The fraction of sp³-hybridized carbons (Fsp3) is 0.400. The summed E-state index contributed by atoms with van der Waals surface area (Å²) < 4.78 is 54.6. The zero-order valence-electron chi connectivity index (χ0n) is 30.4. The first-order chi connectivity index (χ1) is 26.5. The Morgan fingerprint density at radius 3 is 2.55 bits per heavy atom. The first kappa shape index (κ1) is 38.4. The van der Waals surface area contributed by atoms with Crippen LogP contribution in [0.3, 0.4) is 0 Å². The molecular weight excluding hydrogens is 737 g/mol. The van der Waals surface area contributed by atoms with Crippen molar-refractivity contribution in [2.45, 2.75) is 76.3 Å². The molecule has 4 aromatic rings. The lowest BCUT2D eigenvalue weighted by atomic mass is 9.83. The van der Waals surface area contributed by atoms with Crippen LogP contribution >= 0.6 is 11.6 Å². The summed E-state index contributed by atoms with van der Waals surface area (Å²) in [5.41, 5.74) is 7.32. The summed E-state index contributed by atoms with van der Waals surface area (Å²) in [5, 5.41) is 9.89. The molecule has 0 radical (unpaired) electrons.